The van der Waals surface area contributed by atoms with Crippen LogP contribution in [0.5, 0.6) is 5.75 Å². The average Bonchev–Trinajstić information content (AvgIpc) is 3.78. The number of primary amides is 1. The third kappa shape index (κ3) is 16.7. The van der Waals surface area contributed by atoms with Crippen LogP contribution < -0.4 is 49.1 Å². The van der Waals surface area contributed by atoms with Crippen LogP contribution in [0.1, 0.15) is 49.8 Å². The minimum absolute atomic E-state index is 0.00231. The van der Waals surface area contributed by atoms with Gasteiger partial charge in [0.25, 0.3) is 0 Å². The highest BCUT2D eigenvalue weighted by Gasteiger charge is 2.38. The number of aromatic hydroxyl groups is 1. The number of nitrogens with two attached hydrogens (primary N) is 3. The fourth-order valence-electron chi connectivity index (χ4n) is 8.13. The molecule has 0 bridgehead atoms. The number of carbonyl (C=O) groups excluding carboxylic acids is 8. The summed E-state index contributed by atoms with van der Waals surface area (Å²) >= 11 is 0. The number of hydrogen-bond donors (Lipinski definition) is 13. The first-order chi connectivity index (χ1) is 35.3. The largest absolute Gasteiger partial charge is 0.508 e. The molecule has 24 heteroatoms. The number of fused-ring (bicyclic) bond motifs is 1. The molecule has 5 rings (SSSR count). The van der Waals surface area contributed by atoms with Crippen LogP contribution in [-0.4, -0.2) is 158 Å². The number of amides is 8. The van der Waals surface area contributed by atoms with Gasteiger partial charge in [-0.15, -0.1) is 0 Å². The van der Waals surface area contributed by atoms with Crippen molar-refractivity contribution >= 4 is 79.7 Å². The molecule has 0 aliphatic carbocycles. The number of aliphatic hydroxyl groups is 2. The van der Waals surface area contributed by atoms with Crippen LogP contribution in [-0.2, 0) is 57.6 Å². The van der Waals surface area contributed by atoms with Crippen LogP contribution in [0.3, 0.4) is 0 Å². The number of unbranched alkanes of at least 4 members (excludes halogenated alkanes) is 1. The molecule has 1 aromatic heterocycles. The molecule has 1 saturated heterocycles. The fraction of sp³-hybridized carbons (Fsp3) is 0.440. The van der Waals surface area contributed by atoms with Gasteiger partial charge in [-0.2, -0.15) is 0 Å². The molecule has 0 radical (unpaired) electrons. The minimum Gasteiger partial charge on any atom is -0.508 e. The molecule has 8 amide bonds. The number of H-pyrrole nitrogens is 1. The van der Waals surface area contributed by atoms with Gasteiger partial charge >= 0.3 is 0 Å². The van der Waals surface area contributed by atoms with Crippen LogP contribution >= 0.6 is 21.6 Å². The Balaban J connectivity index is 1.59. The SMILES string of the molecule is C[C@@H](O)[C@H](NC(=O)[C@@H]1CSSC[C@H](N(C)C(=O)[C@@H](N)Cc2ccc(O)cc2)C(=O)N[C@@H](Cc2ccccc2)C(=O)N[C@H](Cc2c[nH]c3ccccc23)C(=O)N[C@@H](CCCCN)C(=O)N[C@@H]([C@@H](C)O)C(=O)N1)C(N)=O. The molecule has 1 aliphatic heterocycles. The Morgan fingerprint density at radius 3 is 2.00 bits per heavy atom. The number of nitrogens with one attached hydrogen (secondary N) is 7. The number of nitrogens with zero attached hydrogens (tertiary/aromatic N) is 1. The van der Waals surface area contributed by atoms with E-state index in [4.69, 9.17) is 17.2 Å². The molecule has 0 saturated carbocycles. The van der Waals surface area contributed by atoms with Crippen molar-refractivity contribution in [3.05, 3.63) is 102 Å². The topological polar surface area (TPSA) is 367 Å². The summed E-state index contributed by atoms with van der Waals surface area (Å²) in [7, 11) is 3.32. The number of hydrogen-bond acceptors (Lipinski definition) is 15. The summed E-state index contributed by atoms with van der Waals surface area (Å²) in [6.07, 6.45) is -0.745. The summed E-state index contributed by atoms with van der Waals surface area (Å²) in [4.78, 5) is 117. The molecule has 1 aliphatic rings. The minimum atomic E-state index is -1.72. The molecule has 1 fully saturated rings. The molecular weight excluding hydrogens is 995 g/mol. The number of phenolic OH excluding ortho intramolecular Hbond substituents is 1. The third-order valence-corrected chi connectivity index (χ3v) is 14.8. The van der Waals surface area contributed by atoms with Gasteiger partial charge in [0.1, 0.15) is 48.0 Å². The van der Waals surface area contributed by atoms with Crippen molar-refractivity contribution in [3.8, 4) is 5.75 Å². The predicted molar refractivity (Wildman–Crippen MR) is 280 cm³/mol. The number of para-hydroxylation sites is 1. The first-order valence-corrected chi connectivity index (χ1v) is 26.6. The number of benzene rings is 3. The van der Waals surface area contributed by atoms with Crippen LogP contribution in [0.2, 0.25) is 0 Å². The van der Waals surface area contributed by atoms with Crippen molar-refractivity contribution in [1.29, 1.82) is 0 Å². The van der Waals surface area contributed by atoms with Crippen molar-refractivity contribution in [2.75, 3.05) is 25.1 Å². The lowest BCUT2D eigenvalue weighted by Gasteiger charge is -2.31. The van der Waals surface area contributed by atoms with Gasteiger partial charge in [-0.05, 0) is 81.0 Å². The smallest absolute Gasteiger partial charge is 0.245 e. The lowest BCUT2D eigenvalue weighted by Crippen LogP contribution is -2.62. The lowest BCUT2D eigenvalue weighted by molar-refractivity contribution is -0.140. The van der Waals surface area contributed by atoms with E-state index in [-0.39, 0.29) is 49.5 Å². The second-order valence-electron chi connectivity index (χ2n) is 18.1. The number of aromatic nitrogens is 1. The molecule has 0 unspecified atom stereocenters. The van der Waals surface area contributed by atoms with Gasteiger partial charge in [0.05, 0.1) is 18.2 Å². The van der Waals surface area contributed by atoms with Gasteiger partial charge in [-0.1, -0.05) is 82.3 Å². The van der Waals surface area contributed by atoms with Crippen molar-refractivity contribution in [2.45, 2.75) is 113 Å². The van der Waals surface area contributed by atoms with E-state index in [0.29, 0.717) is 29.5 Å². The molecule has 16 N–H and O–H groups in total. The van der Waals surface area contributed by atoms with Crippen molar-refractivity contribution in [2.24, 2.45) is 17.2 Å². The second-order valence-corrected chi connectivity index (χ2v) is 20.7. The Labute approximate surface area is 436 Å². The van der Waals surface area contributed by atoms with E-state index in [0.717, 1.165) is 37.4 Å². The molecule has 4 aromatic rings. The highest BCUT2D eigenvalue weighted by Crippen LogP contribution is 2.26. The predicted octanol–water partition coefficient (Wildman–Crippen LogP) is -1.26. The zero-order chi connectivity index (χ0) is 54.1. The Morgan fingerprint density at radius 1 is 0.743 bits per heavy atom. The summed E-state index contributed by atoms with van der Waals surface area (Å²) in [5.41, 5.74) is 20.3. The van der Waals surface area contributed by atoms with Crippen LogP contribution in [0.15, 0.2) is 85.1 Å². The molecule has 3 aromatic carbocycles. The summed E-state index contributed by atoms with van der Waals surface area (Å²) < 4.78 is 0. The monoisotopic (exact) mass is 1060 g/mol. The normalized spacial score (nSPS) is 22.3. The van der Waals surface area contributed by atoms with Crippen molar-refractivity contribution in [1.82, 2.24) is 41.8 Å². The van der Waals surface area contributed by atoms with Crippen LogP contribution in [0, 0.1) is 0 Å². The number of rotatable bonds is 17. The average molecular weight is 1060 g/mol. The molecule has 74 heavy (non-hydrogen) atoms. The number of carbonyl (C=O) groups is 8. The number of phenols is 1. The Kier molecular flexibility index (Phi) is 22.1. The first kappa shape index (κ1) is 58.2. The lowest BCUT2D eigenvalue weighted by atomic mass is 10.0. The number of aliphatic hydroxyl groups excluding tert-OH is 2. The number of likely N-dealkylation sites (N-methyl/N-ethyl adjacent to an activating group) is 1. The van der Waals surface area contributed by atoms with Crippen molar-refractivity contribution < 1.29 is 53.7 Å². The summed E-state index contributed by atoms with van der Waals surface area (Å²) in [5, 5.41) is 47.5. The zero-order valence-corrected chi connectivity index (χ0v) is 43.0. The van der Waals surface area contributed by atoms with E-state index in [1.54, 1.807) is 48.7 Å². The van der Waals surface area contributed by atoms with Crippen molar-refractivity contribution in [3.63, 3.8) is 0 Å². The highest BCUT2D eigenvalue weighted by atomic mass is 33.1. The van der Waals surface area contributed by atoms with Gasteiger partial charge < -0.3 is 74.3 Å². The summed E-state index contributed by atoms with van der Waals surface area (Å²) in [6, 6.07) is 10.6. The van der Waals surface area contributed by atoms with E-state index >= 15 is 0 Å². The molecule has 0 spiro atoms. The van der Waals surface area contributed by atoms with Crippen LogP contribution in [0.4, 0.5) is 0 Å². The number of aromatic amines is 1. The Morgan fingerprint density at radius 2 is 1.35 bits per heavy atom. The van der Waals surface area contributed by atoms with E-state index in [9.17, 15) is 53.7 Å². The third-order valence-electron chi connectivity index (χ3n) is 12.4. The maximum absolute atomic E-state index is 14.8. The molecule has 2 heterocycles. The van der Waals surface area contributed by atoms with E-state index < -0.39 is 108 Å². The van der Waals surface area contributed by atoms with Gasteiger partial charge in [0.15, 0.2) is 0 Å². The van der Waals surface area contributed by atoms with Gasteiger partial charge in [0.2, 0.25) is 47.3 Å². The van der Waals surface area contributed by atoms with Gasteiger partial charge in [0, 0.05) is 48.5 Å². The maximum atomic E-state index is 14.8. The van der Waals surface area contributed by atoms with E-state index in [1.165, 1.54) is 33.0 Å². The maximum Gasteiger partial charge on any atom is 0.245 e. The van der Waals surface area contributed by atoms with Gasteiger partial charge in [-0.25, -0.2) is 0 Å². The zero-order valence-electron chi connectivity index (χ0n) is 41.3. The van der Waals surface area contributed by atoms with Crippen LogP contribution in [0.25, 0.3) is 10.9 Å². The standard InChI is InChI=1S/C50H67N11O11S2/c1-27(62)41(43(53)65)59-47(69)39-25-73-74-26-40(61(3)50(72)34(52)21-30-16-18-32(64)19-17-30)48(70)57-37(22-29-11-5-4-6-12-29)45(67)56-38(23-31-24-54-35-14-8-7-13-33(31)35)46(68)55-36(15-9-10-20-51)44(66)60-42(28(2)63)49(71)58-39/h4-8,11-14,16-19,24,27-28,34,36-42,54,62-64H,9-10,15,20-23,25-26,51-52H2,1-3H3,(H2,53,65)(H,55,68)(H,56,67)(H,57,70)(H,58,71)(H,59,69)(H,60,66)/t27-,28-,34+,36+,37+,38-,39+,40+,41+,42+/m1/s1. The fourth-order valence-corrected chi connectivity index (χ4v) is 10.6. The first-order valence-electron chi connectivity index (χ1n) is 24.1. The van der Waals surface area contributed by atoms with E-state index in [2.05, 4.69) is 36.9 Å². The Bertz CT molecular complexity index is 2570. The molecule has 400 valence electrons. The molecule has 22 nitrogen and oxygen atoms in total. The summed E-state index contributed by atoms with van der Waals surface area (Å²) in [6.45, 7) is 2.68. The Hall–Kier alpha value is -6.70. The molecular formula is C50H67N11O11S2. The quantitative estimate of drug-likeness (QED) is 0.0434. The van der Waals surface area contributed by atoms with Gasteiger partial charge in [-0.3, -0.25) is 38.4 Å². The second kappa shape index (κ2) is 28.1. The summed E-state index contributed by atoms with van der Waals surface area (Å²) in [5.74, 6) is -7.56. The van der Waals surface area contributed by atoms with E-state index in [1.807, 2.05) is 24.3 Å². The molecule has 10 atom stereocenters. The highest BCUT2D eigenvalue weighted by molar-refractivity contribution is 8.76.